The zero-order valence-electron chi connectivity index (χ0n) is 26.6. The van der Waals surface area contributed by atoms with Gasteiger partial charge in [0.25, 0.3) is 0 Å². The van der Waals surface area contributed by atoms with Gasteiger partial charge in [0.15, 0.2) is 5.69 Å². The fourth-order valence-electron chi connectivity index (χ4n) is 7.62. The van der Waals surface area contributed by atoms with Crippen LogP contribution in [0.15, 0.2) is 130 Å². The number of hydrogen-bond acceptors (Lipinski definition) is 6. The molecule has 0 fully saturated rings. The van der Waals surface area contributed by atoms with E-state index in [9.17, 15) is 5.26 Å². The second kappa shape index (κ2) is 10.2. The Bertz CT molecular complexity index is 3180. The summed E-state index contributed by atoms with van der Waals surface area (Å²) < 4.78 is 13.1. The predicted octanol–water partition coefficient (Wildman–Crippen LogP) is 12.7. The van der Waals surface area contributed by atoms with E-state index in [0.717, 1.165) is 97.3 Å². The molecule has 4 aromatic heterocycles. The number of aromatic nitrogens is 2. The van der Waals surface area contributed by atoms with E-state index >= 15 is 0 Å². The Morgan fingerprint density at radius 3 is 1.63 bits per heavy atom. The van der Waals surface area contributed by atoms with Crippen molar-refractivity contribution in [2.45, 2.75) is 0 Å². The van der Waals surface area contributed by atoms with Crippen molar-refractivity contribution in [3.8, 4) is 27.0 Å². The number of fused-ring (bicyclic) bond motifs is 13. The maximum absolute atomic E-state index is 9.91. The average Bonchev–Trinajstić information content (AvgIpc) is 3.88. The van der Waals surface area contributed by atoms with Crippen molar-refractivity contribution < 1.29 is 8.83 Å². The SMILES string of the molecule is [C-]#[N+]c1ccc2c3ccc(C#N)cc3c3nc4c(-c5cccc6c5oc5ccccc56)sc(-c5cccc6c5oc5ccccc56)c4nc3c2c1. The van der Waals surface area contributed by atoms with E-state index in [0.29, 0.717) is 22.3 Å². The highest BCUT2D eigenvalue weighted by atomic mass is 32.1. The molecular weight excluding hydrogens is 649 g/mol. The summed E-state index contributed by atoms with van der Waals surface area (Å²) in [6.45, 7) is 7.78. The Morgan fingerprint density at radius 1 is 0.529 bits per heavy atom. The second-order valence-electron chi connectivity index (χ2n) is 12.7. The third kappa shape index (κ3) is 3.84. The average molecular weight is 669 g/mol. The molecule has 234 valence electrons. The van der Waals surface area contributed by atoms with Crippen molar-refractivity contribution in [2.24, 2.45) is 0 Å². The number of rotatable bonds is 2. The molecule has 0 spiro atoms. The first-order valence-electron chi connectivity index (χ1n) is 16.4. The highest BCUT2D eigenvalue weighted by Crippen LogP contribution is 2.49. The molecule has 0 amide bonds. The quantitative estimate of drug-likeness (QED) is 0.135. The van der Waals surface area contributed by atoms with Gasteiger partial charge >= 0.3 is 0 Å². The van der Waals surface area contributed by atoms with Crippen LogP contribution in [0, 0.1) is 17.9 Å². The van der Waals surface area contributed by atoms with Gasteiger partial charge in [-0.25, -0.2) is 14.8 Å². The summed E-state index contributed by atoms with van der Waals surface area (Å²) in [4.78, 5) is 16.6. The molecule has 11 aromatic rings. The molecule has 4 heterocycles. The van der Waals surface area contributed by atoms with Crippen LogP contribution in [0.1, 0.15) is 5.56 Å². The molecular formula is C44H20N4O2S. The van der Waals surface area contributed by atoms with Crippen LogP contribution in [0.25, 0.3) is 113 Å². The third-order valence-electron chi connectivity index (χ3n) is 9.91. The molecule has 0 radical (unpaired) electrons. The van der Waals surface area contributed by atoms with Crippen LogP contribution in [-0.2, 0) is 0 Å². The minimum absolute atomic E-state index is 0.522. The lowest BCUT2D eigenvalue weighted by molar-refractivity contribution is 0.670. The number of nitrogens with zero attached hydrogens (tertiary/aromatic N) is 4. The molecule has 0 bridgehead atoms. The molecule has 0 aliphatic heterocycles. The molecule has 51 heavy (non-hydrogen) atoms. The molecule has 0 aliphatic carbocycles. The van der Waals surface area contributed by atoms with E-state index in [1.165, 1.54) is 0 Å². The van der Waals surface area contributed by atoms with Gasteiger partial charge in [0.1, 0.15) is 33.4 Å². The minimum Gasteiger partial charge on any atom is -0.455 e. The lowest BCUT2D eigenvalue weighted by Crippen LogP contribution is -1.92. The summed E-state index contributed by atoms with van der Waals surface area (Å²) in [5.74, 6) is 0. The van der Waals surface area contributed by atoms with E-state index in [4.69, 9.17) is 25.4 Å². The largest absolute Gasteiger partial charge is 0.455 e. The number of benzene rings is 7. The van der Waals surface area contributed by atoms with Crippen molar-refractivity contribution in [1.82, 2.24) is 9.97 Å². The highest BCUT2D eigenvalue weighted by molar-refractivity contribution is 7.21. The summed E-state index contributed by atoms with van der Waals surface area (Å²) >= 11 is 1.62. The zero-order valence-corrected chi connectivity index (χ0v) is 27.4. The fourth-order valence-corrected chi connectivity index (χ4v) is 8.84. The first kappa shape index (κ1) is 27.8. The van der Waals surface area contributed by atoms with Crippen molar-refractivity contribution >= 4 is 105 Å². The van der Waals surface area contributed by atoms with Gasteiger partial charge in [0, 0.05) is 38.1 Å². The van der Waals surface area contributed by atoms with Crippen molar-refractivity contribution in [1.29, 1.82) is 5.26 Å². The maximum Gasteiger partial charge on any atom is 0.187 e. The Hall–Kier alpha value is -7.06. The van der Waals surface area contributed by atoms with E-state index < -0.39 is 0 Å². The van der Waals surface area contributed by atoms with Crippen LogP contribution in [0.5, 0.6) is 0 Å². The Balaban J connectivity index is 1.34. The molecule has 0 N–H and O–H groups in total. The lowest BCUT2D eigenvalue weighted by atomic mass is 9.97. The Kier molecular flexibility index (Phi) is 5.58. The monoisotopic (exact) mass is 668 g/mol. The number of thiophene rings is 1. The summed E-state index contributed by atoms with van der Waals surface area (Å²) in [5, 5.41) is 17.6. The lowest BCUT2D eigenvalue weighted by Gasteiger charge is -2.11. The molecule has 7 aromatic carbocycles. The third-order valence-corrected chi connectivity index (χ3v) is 11.1. The molecule has 0 aliphatic rings. The van der Waals surface area contributed by atoms with Gasteiger partial charge in [-0.3, -0.25) is 0 Å². The smallest absolute Gasteiger partial charge is 0.187 e. The van der Waals surface area contributed by atoms with E-state index in [1.807, 2.05) is 72.8 Å². The summed E-state index contributed by atoms with van der Waals surface area (Å²) in [5.41, 5.74) is 8.94. The number of hydrogen-bond donors (Lipinski definition) is 0. The normalized spacial score (nSPS) is 11.9. The van der Waals surface area contributed by atoms with Gasteiger partial charge < -0.3 is 8.83 Å². The van der Waals surface area contributed by atoms with Gasteiger partial charge in [-0.1, -0.05) is 78.9 Å². The summed E-state index contributed by atoms with van der Waals surface area (Å²) in [6, 6.07) is 42.3. The molecule has 7 heteroatoms. The van der Waals surface area contributed by atoms with Crippen LogP contribution >= 0.6 is 11.3 Å². The van der Waals surface area contributed by atoms with Crippen LogP contribution in [0.2, 0.25) is 0 Å². The van der Waals surface area contributed by atoms with Crippen LogP contribution < -0.4 is 0 Å². The fraction of sp³-hybridized carbons (Fsp3) is 0. The van der Waals surface area contributed by atoms with Gasteiger partial charge in [-0.05, 0) is 58.6 Å². The summed E-state index contributed by atoms with van der Waals surface area (Å²) in [7, 11) is 0. The zero-order chi connectivity index (χ0) is 33.8. The minimum atomic E-state index is 0.522. The molecule has 11 rings (SSSR count). The standard InChI is InChI=1S/C44H20N4O2S/c1-46-24-17-19-26-25-18-16-23(22-45)20-33(25)37-38(34(26)21-24)48-40-39(47-37)43(31-12-6-10-29-27-8-2-4-14-35(27)49-41(29)31)51-44(40)32-13-7-11-30-28-9-3-5-15-36(28)50-42(30)32/h2-21H. The predicted molar refractivity (Wildman–Crippen MR) is 206 cm³/mol. The van der Waals surface area contributed by atoms with Gasteiger partial charge in [-0.2, -0.15) is 5.26 Å². The number of para-hydroxylation sites is 4. The molecule has 6 nitrogen and oxygen atoms in total. The highest BCUT2D eigenvalue weighted by Gasteiger charge is 2.25. The Morgan fingerprint density at radius 2 is 1.06 bits per heavy atom. The number of furan rings is 2. The van der Waals surface area contributed by atoms with E-state index in [2.05, 4.69) is 59.4 Å². The van der Waals surface area contributed by atoms with E-state index in [-0.39, 0.29) is 0 Å². The van der Waals surface area contributed by atoms with Gasteiger partial charge in [0.05, 0.1) is 39.0 Å². The molecule has 0 unspecified atom stereocenters. The Labute approximate surface area is 292 Å². The van der Waals surface area contributed by atoms with Crippen LogP contribution in [0.4, 0.5) is 5.69 Å². The van der Waals surface area contributed by atoms with Crippen molar-refractivity contribution in [3.05, 3.63) is 138 Å². The summed E-state index contributed by atoms with van der Waals surface area (Å²) in [6.07, 6.45) is 0. The topological polar surface area (TPSA) is 80.2 Å². The molecule has 0 saturated heterocycles. The van der Waals surface area contributed by atoms with Crippen LogP contribution in [0.3, 0.4) is 0 Å². The molecule has 0 saturated carbocycles. The van der Waals surface area contributed by atoms with Gasteiger partial charge in [0.2, 0.25) is 0 Å². The molecule has 0 atom stereocenters. The number of nitriles is 1. The van der Waals surface area contributed by atoms with Crippen LogP contribution in [-0.4, -0.2) is 9.97 Å². The first-order chi connectivity index (χ1) is 25.2. The van der Waals surface area contributed by atoms with Crippen molar-refractivity contribution in [2.75, 3.05) is 0 Å². The van der Waals surface area contributed by atoms with Crippen molar-refractivity contribution in [3.63, 3.8) is 0 Å². The maximum atomic E-state index is 9.91. The second-order valence-corrected chi connectivity index (χ2v) is 13.7. The first-order valence-corrected chi connectivity index (χ1v) is 17.2. The van der Waals surface area contributed by atoms with E-state index in [1.54, 1.807) is 11.3 Å². The van der Waals surface area contributed by atoms with Gasteiger partial charge in [-0.15, -0.1) is 11.3 Å².